The van der Waals surface area contributed by atoms with Gasteiger partial charge in [0, 0.05) is 25.3 Å². The molecule has 90 valence electrons. The SMILES string of the molecule is Cc1cccnc1CN1CCCC(N)C1.Cl. The third kappa shape index (κ3) is 3.44. The van der Waals surface area contributed by atoms with Crippen molar-refractivity contribution in [3.05, 3.63) is 29.6 Å². The Labute approximate surface area is 103 Å². The summed E-state index contributed by atoms with van der Waals surface area (Å²) in [4.78, 5) is 6.82. The van der Waals surface area contributed by atoms with Crippen LogP contribution in [0.2, 0.25) is 0 Å². The first kappa shape index (κ1) is 13.4. The number of rotatable bonds is 2. The quantitative estimate of drug-likeness (QED) is 0.858. The minimum Gasteiger partial charge on any atom is -0.327 e. The lowest BCUT2D eigenvalue weighted by atomic mass is 10.1. The zero-order valence-corrected chi connectivity index (χ0v) is 10.5. The van der Waals surface area contributed by atoms with E-state index >= 15 is 0 Å². The van der Waals surface area contributed by atoms with Crippen molar-refractivity contribution in [3.8, 4) is 0 Å². The molecule has 0 radical (unpaired) electrons. The van der Waals surface area contributed by atoms with Gasteiger partial charge in [-0.15, -0.1) is 12.4 Å². The average Bonchev–Trinajstić information content (AvgIpc) is 2.22. The smallest absolute Gasteiger partial charge is 0.0573 e. The lowest BCUT2D eigenvalue weighted by Crippen LogP contribution is -2.42. The van der Waals surface area contributed by atoms with Gasteiger partial charge in [-0.05, 0) is 37.9 Å². The van der Waals surface area contributed by atoms with Crippen molar-refractivity contribution in [2.45, 2.75) is 32.4 Å². The van der Waals surface area contributed by atoms with Crippen molar-refractivity contribution in [3.63, 3.8) is 0 Å². The molecule has 0 spiro atoms. The molecule has 1 aromatic rings. The van der Waals surface area contributed by atoms with Crippen LogP contribution in [0, 0.1) is 6.92 Å². The normalized spacial score (nSPS) is 21.5. The third-order valence-corrected chi connectivity index (χ3v) is 3.03. The Bertz CT molecular complexity index is 330. The number of hydrogen-bond acceptors (Lipinski definition) is 3. The number of nitrogens with two attached hydrogens (primary N) is 1. The van der Waals surface area contributed by atoms with E-state index in [1.54, 1.807) is 0 Å². The first-order valence-corrected chi connectivity index (χ1v) is 5.64. The Morgan fingerprint density at radius 1 is 1.56 bits per heavy atom. The second-order valence-electron chi connectivity index (χ2n) is 4.40. The zero-order chi connectivity index (χ0) is 10.7. The van der Waals surface area contributed by atoms with Crippen LogP contribution in [0.15, 0.2) is 18.3 Å². The number of nitrogens with zero attached hydrogens (tertiary/aromatic N) is 2. The molecule has 0 aromatic carbocycles. The fraction of sp³-hybridized carbons (Fsp3) is 0.583. The topological polar surface area (TPSA) is 42.2 Å². The lowest BCUT2D eigenvalue weighted by Gasteiger charge is -2.30. The number of pyridine rings is 1. The average molecular weight is 242 g/mol. The molecule has 1 saturated heterocycles. The Balaban J connectivity index is 0.00000128. The van der Waals surface area contributed by atoms with Crippen molar-refractivity contribution in [2.24, 2.45) is 5.73 Å². The summed E-state index contributed by atoms with van der Waals surface area (Å²) in [6.45, 7) is 5.23. The van der Waals surface area contributed by atoms with E-state index in [4.69, 9.17) is 5.73 Å². The van der Waals surface area contributed by atoms with Crippen LogP contribution < -0.4 is 5.73 Å². The largest absolute Gasteiger partial charge is 0.327 e. The summed E-state index contributed by atoms with van der Waals surface area (Å²) < 4.78 is 0. The Morgan fingerprint density at radius 3 is 3.06 bits per heavy atom. The Morgan fingerprint density at radius 2 is 2.38 bits per heavy atom. The van der Waals surface area contributed by atoms with Gasteiger partial charge >= 0.3 is 0 Å². The van der Waals surface area contributed by atoms with E-state index in [2.05, 4.69) is 22.9 Å². The van der Waals surface area contributed by atoms with Gasteiger partial charge in [0.1, 0.15) is 0 Å². The number of aryl methyl sites for hydroxylation is 1. The number of likely N-dealkylation sites (tertiary alicyclic amines) is 1. The first-order valence-electron chi connectivity index (χ1n) is 5.64. The van der Waals surface area contributed by atoms with Gasteiger partial charge in [-0.2, -0.15) is 0 Å². The molecule has 2 N–H and O–H groups in total. The molecule has 4 heteroatoms. The predicted octanol–water partition coefficient (Wildman–Crippen LogP) is 1.73. The zero-order valence-electron chi connectivity index (χ0n) is 9.72. The summed E-state index contributed by atoms with van der Waals surface area (Å²) in [7, 11) is 0. The number of hydrogen-bond donors (Lipinski definition) is 1. The van der Waals surface area contributed by atoms with Crippen LogP contribution in [0.1, 0.15) is 24.1 Å². The minimum atomic E-state index is 0. The first-order chi connectivity index (χ1) is 7.25. The van der Waals surface area contributed by atoms with E-state index in [0.717, 1.165) is 26.1 Å². The van der Waals surface area contributed by atoms with E-state index in [1.807, 2.05) is 12.3 Å². The van der Waals surface area contributed by atoms with Gasteiger partial charge in [-0.25, -0.2) is 0 Å². The predicted molar refractivity (Wildman–Crippen MR) is 68.7 cm³/mol. The molecular formula is C12H20ClN3. The standard InChI is InChI=1S/C12H19N3.ClH/c1-10-4-2-6-14-12(10)9-15-7-3-5-11(13)8-15;/h2,4,6,11H,3,5,7-9,13H2,1H3;1H. The molecule has 1 aliphatic heterocycles. The molecule has 0 aliphatic carbocycles. The van der Waals surface area contributed by atoms with E-state index in [9.17, 15) is 0 Å². The van der Waals surface area contributed by atoms with Gasteiger partial charge < -0.3 is 5.73 Å². The molecule has 2 heterocycles. The summed E-state index contributed by atoms with van der Waals surface area (Å²) in [6, 6.07) is 4.45. The summed E-state index contributed by atoms with van der Waals surface area (Å²) in [5.41, 5.74) is 8.42. The van der Waals surface area contributed by atoms with Gasteiger partial charge in [-0.3, -0.25) is 9.88 Å². The van der Waals surface area contributed by atoms with Crippen LogP contribution >= 0.6 is 12.4 Å². The fourth-order valence-corrected chi connectivity index (χ4v) is 2.13. The van der Waals surface area contributed by atoms with Crippen LogP contribution in [-0.2, 0) is 6.54 Å². The van der Waals surface area contributed by atoms with Crippen molar-refractivity contribution in [1.82, 2.24) is 9.88 Å². The maximum Gasteiger partial charge on any atom is 0.0573 e. The van der Waals surface area contributed by atoms with Gasteiger partial charge in [-0.1, -0.05) is 6.07 Å². The van der Waals surface area contributed by atoms with Crippen molar-refractivity contribution in [1.29, 1.82) is 0 Å². The summed E-state index contributed by atoms with van der Waals surface area (Å²) in [5.74, 6) is 0. The molecule has 1 atom stereocenters. The van der Waals surface area contributed by atoms with Crippen LogP contribution in [0.4, 0.5) is 0 Å². The highest BCUT2D eigenvalue weighted by atomic mass is 35.5. The van der Waals surface area contributed by atoms with Crippen molar-refractivity contribution >= 4 is 12.4 Å². The van der Waals surface area contributed by atoms with Crippen LogP contribution in [0.5, 0.6) is 0 Å². The number of aromatic nitrogens is 1. The molecule has 1 fully saturated rings. The second kappa shape index (κ2) is 6.18. The molecule has 1 aromatic heterocycles. The van der Waals surface area contributed by atoms with E-state index in [-0.39, 0.29) is 12.4 Å². The molecule has 1 unspecified atom stereocenters. The lowest BCUT2D eigenvalue weighted by molar-refractivity contribution is 0.199. The van der Waals surface area contributed by atoms with E-state index < -0.39 is 0 Å². The molecule has 3 nitrogen and oxygen atoms in total. The highest BCUT2D eigenvalue weighted by Gasteiger charge is 2.17. The minimum absolute atomic E-state index is 0. The van der Waals surface area contributed by atoms with Gasteiger partial charge in [0.05, 0.1) is 5.69 Å². The van der Waals surface area contributed by atoms with Crippen molar-refractivity contribution < 1.29 is 0 Å². The fourth-order valence-electron chi connectivity index (χ4n) is 2.13. The Kier molecular flexibility index (Phi) is 5.19. The second-order valence-corrected chi connectivity index (χ2v) is 4.40. The number of halogens is 1. The molecule has 0 bridgehead atoms. The van der Waals surface area contributed by atoms with Gasteiger partial charge in [0.15, 0.2) is 0 Å². The monoisotopic (exact) mass is 241 g/mol. The summed E-state index contributed by atoms with van der Waals surface area (Å²) in [6.07, 6.45) is 4.25. The van der Waals surface area contributed by atoms with Crippen LogP contribution in [0.25, 0.3) is 0 Å². The molecule has 2 rings (SSSR count). The van der Waals surface area contributed by atoms with Gasteiger partial charge in [0.2, 0.25) is 0 Å². The molecule has 0 amide bonds. The van der Waals surface area contributed by atoms with E-state index in [1.165, 1.54) is 17.7 Å². The highest BCUT2D eigenvalue weighted by Crippen LogP contribution is 2.13. The van der Waals surface area contributed by atoms with Crippen molar-refractivity contribution in [2.75, 3.05) is 13.1 Å². The maximum absolute atomic E-state index is 5.95. The molecular weight excluding hydrogens is 222 g/mol. The maximum atomic E-state index is 5.95. The van der Waals surface area contributed by atoms with E-state index in [0.29, 0.717) is 6.04 Å². The van der Waals surface area contributed by atoms with Crippen LogP contribution in [-0.4, -0.2) is 29.0 Å². The molecule has 1 aliphatic rings. The summed E-state index contributed by atoms with van der Waals surface area (Å²) in [5, 5.41) is 0. The highest BCUT2D eigenvalue weighted by molar-refractivity contribution is 5.85. The number of piperidine rings is 1. The van der Waals surface area contributed by atoms with Crippen LogP contribution in [0.3, 0.4) is 0 Å². The molecule has 16 heavy (non-hydrogen) atoms. The summed E-state index contributed by atoms with van der Waals surface area (Å²) >= 11 is 0. The van der Waals surface area contributed by atoms with Gasteiger partial charge in [0.25, 0.3) is 0 Å². The third-order valence-electron chi connectivity index (χ3n) is 3.03. The molecule has 0 saturated carbocycles. The Hall–Kier alpha value is -0.640.